The molecule has 31 heavy (non-hydrogen) atoms. The molecule has 0 bridgehead atoms. The van der Waals surface area contributed by atoms with E-state index in [-0.39, 0.29) is 0 Å². The largest absolute Gasteiger partial charge is 0.493 e. The average molecular weight is 429 g/mol. The first kappa shape index (κ1) is 23.6. The predicted octanol–water partition coefficient (Wildman–Crippen LogP) is 4.24. The molecule has 2 heterocycles. The summed E-state index contributed by atoms with van der Waals surface area (Å²) in [6.07, 6.45) is 3.52. The number of piperidine rings is 1. The van der Waals surface area contributed by atoms with E-state index in [1.54, 1.807) is 14.2 Å². The summed E-state index contributed by atoms with van der Waals surface area (Å²) in [6, 6.07) is 7.23. The molecule has 0 spiro atoms. The van der Waals surface area contributed by atoms with Gasteiger partial charge in [0, 0.05) is 43.0 Å². The molecule has 6 heteroatoms. The van der Waals surface area contributed by atoms with Crippen LogP contribution < -0.4 is 9.47 Å². The van der Waals surface area contributed by atoms with Crippen molar-refractivity contribution in [2.24, 2.45) is 0 Å². The molecule has 0 aliphatic carbocycles. The van der Waals surface area contributed by atoms with E-state index in [1.807, 2.05) is 6.07 Å². The molecule has 172 valence electrons. The summed E-state index contributed by atoms with van der Waals surface area (Å²) >= 11 is 0. The maximum atomic E-state index is 5.45. The molecule has 0 radical (unpaired) electrons. The molecule has 3 rings (SSSR count). The van der Waals surface area contributed by atoms with Crippen molar-refractivity contribution in [2.45, 2.75) is 65.6 Å². The third-order valence-corrected chi connectivity index (χ3v) is 6.65. The summed E-state index contributed by atoms with van der Waals surface area (Å²) in [5, 5.41) is 4.78. The third kappa shape index (κ3) is 5.60. The fourth-order valence-electron chi connectivity index (χ4n) is 4.71. The second-order valence-electron chi connectivity index (χ2n) is 9.14. The number of benzene rings is 1. The number of aromatic nitrogens is 2. The van der Waals surface area contributed by atoms with Gasteiger partial charge in [-0.1, -0.05) is 6.07 Å². The number of likely N-dealkylation sites (N-methyl/N-ethyl adjacent to an activating group) is 1. The molecule has 0 N–H and O–H groups in total. The Balaban J connectivity index is 1.58. The molecule has 1 aliphatic rings. The van der Waals surface area contributed by atoms with E-state index in [0.29, 0.717) is 12.1 Å². The summed E-state index contributed by atoms with van der Waals surface area (Å²) < 4.78 is 13.0. The van der Waals surface area contributed by atoms with E-state index in [2.05, 4.69) is 61.4 Å². The van der Waals surface area contributed by atoms with Gasteiger partial charge in [0.2, 0.25) is 0 Å². The topological polar surface area (TPSA) is 42.8 Å². The SMILES string of the molecule is COc1ccc(CCN(C)[C@@H]2CCCN(Cc3c(C)nn(C(C)C)c3C)C2)cc1OC. The van der Waals surface area contributed by atoms with Crippen LogP contribution in [0.1, 0.15) is 55.2 Å². The number of ether oxygens (including phenoxy) is 2. The minimum absolute atomic E-state index is 0.407. The van der Waals surface area contributed by atoms with E-state index < -0.39 is 0 Å². The van der Waals surface area contributed by atoms with Gasteiger partial charge in [-0.2, -0.15) is 5.10 Å². The lowest BCUT2D eigenvalue weighted by atomic mass is 10.0. The molecule has 0 unspecified atom stereocenters. The van der Waals surface area contributed by atoms with Crippen LogP contribution in [0.2, 0.25) is 0 Å². The fourth-order valence-corrected chi connectivity index (χ4v) is 4.71. The van der Waals surface area contributed by atoms with Crippen molar-refractivity contribution in [3.8, 4) is 11.5 Å². The predicted molar refractivity (Wildman–Crippen MR) is 126 cm³/mol. The molecule has 0 amide bonds. The first-order valence-corrected chi connectivity index (χ1v) is 11.5. The quantitative estimate of drug-likeness (QED) is 0.598. The Morgan fingerprint density at radius 2 is 1.90 bits per heavy atom. The van der Waals surface area contributed by atoms with E-state index in [4.69, 9.17) is 14.6 Å². The molecule has 2 aromatic rings. The maximum Gasteiger partial charge on any atom is 0.160 e. The van der Waals surface area contributed by atoms with E-state index in [9.17, 15) is 0 Å². The Labute approximate surface area is 188 Å². The van der Waals surface area contributed by atoms with Crippen LogP contribution in [-0.4, -0.2) is 66.5 Å². The molecule has 6 nitrogen and oxygen atoms in total. The lowest BCUT2D eigenvalue weighted by molar-refractivity contribution is 0.112. The Morgan fingerprint density at radius 1 is 1.16 bits per heavy atom. The van der Waals surface area contributed by atoms with Crippen molar-refractivity contribution in [1.29, 1.82) is 0 Å². The van der Waals surface area contributed by atoms with Gasteiger partial charge in [0.15, 0.2) is 11.5 Å². The number of hydrogen-bond acceptors (Lipinski definition) is 5. The number of likely N-dealkylation sites (tertiary alicyclic amines) is 1. The second-order valence-corrected chi connectivity index (χ2v) is 9.14. The summed E-state index contributed by atoms with van der Waals surface area (Å²) in [5.41, 5.74) is 5.18. The molecular formula is C25H40N4O2. The minimum atomic E-state index is 0.407. The van der Waals surface area contributed by atoms with Crippen LogP contribution in [0.15, 0.2) is 18.2 Å². The summed E-state index contributed by atoms with van der Waals surface area (Å²) in [7, 11) is 5.64. The number of hydrogen-bond donors (Lipinski definition) is 0. The van der Waals surface area contributed by atoms with Crippen molar-refractivity contribution >= 4 is 0 Å². The monoisotopic (exact) mass is 428 g/mol. The maximum absolute atomic E-state index is 5.45. The molecular weight excluding hydrogens is 388 g/mol. The van der Waals surface area contributed by atoms with Gasteiger partial charge in [-0.25, -0.2) is 0 Å². The lowest BCUT2D eigenvalue weighted by Gasteiger charge is -2.38. The molecule has 1 atom stereocenters. The van der Waals surface area contributed by atoms with Crippen LogP contribution in [0, 0.1) is 13.8 Å². The average Bonchev–Trinajstić information content (AvgIpc) is 3.06. The highest BCUT2D eigenvalue weighted by molar-refractivity contribution is 5.42. The molecule has 1 aromatic carbocycles. The number of rotatable bonds is 9. The fraction of sp³-hybridized carbons (Fsp3) is 0.640. The minimum Gasteiger partial charge on any atom is -0.493 e. The Bertz CT molecular complexity index is 861. The Morgan fingerprint density at radius 3 is 2.55 bits per heavy atom. The Hall–Kier alpha value is -2.05. The standard InChI is InChI=1S/C25H40N4O2/c1-18(2)29-20(4)23(19(3)26-29)17-28-13-8-9-22(16-28)27(5)14-12-21-10-11-24(30-6)25(15-21)31-7/h10-11,15,18,22H,8-9,12-14,16-17H2,1-7H3/t22-/m1/s1. The van der Waals surface area contributed by atoms with Crippen LogP contribution in [0.3, 0.4) is 0 Å². The zero-order chi connectivity index (χ0) is 22.5. The van der Waals surface area contributed by atoms with Crippen molar-refractivity contribution in [3.05, 3.63) is 40.7 Å². The smallest absolute Gasteiger partial charge is 0.160 e. The highest BCUT2D eigenvalue weighted by Crippen LogP contribution is 2.28. The Kier molecular flexibility index (Phi) is 8.00. The van der Waals surface area contributed by atoms with Crippen LogP contribution in [0.4, 0.5) is 0 Å². The van der Waals surface area contributed by atoms with Gasteiger partial charge in [0.25, 0.3) is 0 Å². The van der Waals surface area contributed by atoms with Crippen LogP contribution in [0.5, 0.6) is 11.5 Å². The van der Waals surface area contributed by atoms with Crippen LogP contribution >= 0.6 is 0 Å². The van der Waals surface area contributed by atoms with Gasteiger partial charge < -0.3 is 14.4 Å². The highest BCUT2D eigenvalue weighted by atomic mass is 16.5. The first-order chi connectivity index (χ1) is 14.8. The summed E-state index contributed by atoms with van der Waals surface area (Å²) in [5.74, 6) is 1.59. The normalized spacial score (nSPS) is 17.5. The third-order valence-electron chi connectivity index (χ3n) is 6.65. The zero-order valence-corrected chi connectivity index (χ0v) is 20.4. The molecule has 1 fully saturated rings. The lowest BCUT2D eigenvalue weighted by Crippen LogP contribution is -2.46. The van der Waals surface area contributed by atoms with E-state index in [0.717, 1.165) is 37.6 Å². The van der Waals surface area contributed by atoms with Crippen molar-refractivity contribution < 1.29 is 9.47 Å². The van der Waals surface area contributed by atoms with Gasteiger partial charge in [-0.05, 0) is 78.2 Å². The second kappa shape index (κ2) is 10.5. The van der Waals surface area contributed by atoms with Crippen LogP contribution in [0.25, 0.3) is 0 Å². The van der Waals surface area contributed by atoms with Crippen molar-refractivity contribution in [3.63, 3.8) is 0 Å². The first-order valence-electron chi connectivity index (χ1n) is 11.5. The molecule has 1 aliphatic heterocycles. The summed E-state index contributed by atoms with van der Waals surface area (Å²) in [4.78, 5) is 5.14. The molecule has 1 saturated heterocycles. The van der Waals surface area contributed by atoms with Crippen molar-refractivity contribution in [1.82, 2.24) is 19.6 Å². The summed E-state index contributed by atoms with van der Waals surface area (Å²) in [6.45, 7) is 13.1. The molecule has 0 saturated carbocycles. The van der Waals surface area contributed by atoms with Gasteiger partial charge in [-0.3, -0.25) is 9.58 Å². The van der Waals surface area contributed by atoms with E-state index in [1.165, 1.54) is 41.9 Å². The zero-order valence-electron chi connectivity index (χ0n) is 20.4. The highest BCUT2D eigenvalue weighted by Gasteiger charge is 2.25. The van der Waals surface area contributed by atoms with Crippen molar-refractivity contribution in [2.75, 3.05) is 40.9 Å². The van der Waals surface area contributed by atoms with Gasteiger partial charge >= 0.3 is 0 Å². The number of methoxy groups -OCH3 is 2. The van der Waals surface area contributed by atoms with Gasteiger partial charge in [0.1, 0.15) is 0 Å². The number of nitrogens with zero attached hydrogens (tertiary/aromatic N) is 4. The van der Waals surface area contributed by atoms with Crippen LogP contribution in [-0.2, 0) is 13.0 Å². The van der Waals surface area contributed by atoms with E-state index >= 15 is 0 Å². The number of aryl methyl sites for hydroxylation is 1. The molecule has 1 aromatic heterocycles. The van der Waals surface area contributed by atoms with Gasteiger partial charge in [-0.15, -0.1) is 0 Å². The van der Waals surface area contributed by atoms with Gasteiger partial charge in [0.05, 0.1) is 19.9 Å².